The second kappa shape index (κ2) is 4.19. The highest BCUT2D eigenvalue weighted by atomic mass is 16.3. The predicted molar refractivity (Wildman–Crippen MR) is 76.9 cm³/mol. The van der Waals surface area contributed by atoms with Crippen molar-refractivity contribution in [3.05, 3.63) is 41.0 Å². The van der Waals surface area contributed by atoms with Crippen LogP contribution < -0.4 is 5.32 Å². The maximum Gasteiger partial charge on any atom is 0.0892 e. The molecule has 1 aliphatic carbocycles. The van der Waals surface area contributed by atoms with E-state index in [1.54, 1.807) is 0 Å². The van der Waals surface area contributed by atoms with Crippen molar-refractivity contribution < 1.29 is 5.11 Å². The number of benzene rings is 1. The molecule has 0 radical (unpaired) electrons. The molecule has 2 heteroatoms. The van der Waals surface area contributed by atoms with Crippen molar-refractivity contribution in [2.75, 3.05) is 0 Å². The minimum atomic E-state index is -0.569. The second-order valence-electron chi connectivity index (χ2n) is 6.48. The fraction of sp³-hybridized carbons (Fsp3) is 0.529. The van der Waals surface area contributed by atoms with E-state index in [0.29, 0.717) is 12.1 Å². The van der Waals surface area contributed by atoms with Crippen molar-refractivity contribution in [3.63, 3.8) is 0 Å². The number of hydrogen-bond donors (Lipinski definition) is 2. The molecule has 0 aromatic heterocycles. The summed E-state index contributed by atoms with van der Waals surface area (Å²) in [5.41, 5.74) is 3.34. The lowest BCUT2D eigenvalue weighted by Gasteiger charge is -2.46. The third kappa shape index (κ3) is 1.94. The van der Waals surface area contributed by atoms with Crippen LogP contribution in [0.15, 0.2) is 29.8 Å². The standard InChI is InChI=1S/C17H21NO/c19-17(10-15-6-3-7-16(11-17)18-15)14-8-12-4-1-2-5-13(12)9-14/h1-2,4-5,8,15-16,18-19H,3,6-7,9-11H2. The van der Waals surface area contributed by atoms with E-state index in [9.17, 15) is 5.11 Å². The van der Waals surface area contributed by atoms with E-state index >= 15 is 0 Å². The van der Waals surface area contributed by atoms with Crippen LogP contribution in [0, 0.1) is 0 Å². The lowest BCUT2D eigenvalue weighted by atomic mass is 9.73. The number of rotatable bonds is 1. The largest absolute Gasteiger partial charge is 0.385 e. The van der Waals surface area contributed by atoms with Crippen molar-refractivity contribution in [1.29, 1.82) is 0 Å². The molecule has 0 amide bonds. The van der Waals surface area contributed by atoms with E-state index in [1.165, 1.54) is 36.0 Å². The van der Waals surface area contributed by atoms with Crippen LogP contribution in [-0.4, -0.2) is 22.8 Å². The molecule has 2 aliphatic heterocycles. The molecule has 2 N–H and O–H groups in total. The van der Waals surface area contributed by atoms with Crippen molar-refractivity contribution in [2.24, 2.45) is 0 Å². The van der Waals surface area contributed by atoms with Gasteiger partial charge in [0, 0.05) is 12.1 Å². The minimum absolute atomic E-state index is 0.516. The minimum Gasteiger partial charge on any atom is -0.385 e. The van der Waals surface area contributed by atoms with Gasteiger partial charge in [-0.2, -0.15) is 0 Å². The highest BCUT2D eigenvalue weighted by Gasteiger charge is 2.43. The molecule has 3 aliphatic rings. The highest BCUT2D eigenvalue weighted by Crippen LogP contribution is 2.41. The predicted octanol–water partition coefficient (Wildman–Crippen LogP) is 2.66. The van der Waals surface area contributed by atoms with Crippen LogP contribution in [0.4, 0.5) is 0 Å². The van der Waals surface area contributed by atoms with Gasteiger partial charge < -0.3 is 10.4 Å². The number of nitrogens with one attached hydrogen (secondary N) is 1. The molecule has 1 aromatic carbocycles. The Morgan fingerprint density at radius 1 is 1.11 bits per heavy atom. The Hall–Kier alpha value is -1.12. The number of hydrogen-bond acceptors (Lipinski definition) is 2. The van der Waals surface area contributed by atoms with Crippen molar-refractivity contribution in [1.82, 2.24) is 5.32 Å². The molecular formula is C17H21NO. The van der Waals surface area contributed by atoms with E-state index in [0.717, 1.165) is 19.3 Å². The van der Waals surface area contributed by atoms with Gasteiger partial charge in [-0.15, -0.1) is 0 Å². The average Bonchev–Trinajstić information content (AvgIpc) is 2.82. The summed E-state index contributed by atoms with van der Waals surface area (Å²) in [6, 6.07) is 9.55. The van der Waals surface area contributed by atoms with E-state index in [1.807, 2.05) is 0 Å². The van der Waals surface area contributed by atoms with Gasteiger partial charge >= 0.3 is 0 Å². The molecular weight excluding hydrogens is 234 g/mol. The Morgan fingerprint density at radius 3 is 2.58 bits per heavy atom. The number of fused-ring (bicyclic) bond motifs is 3. The van der Waals surface area contributed by atoms with Gasteiger partial charge in [0.25, 0.3) is 0 Å². The van der Waals surface area contributed by atoms with Crippen LogP contribution in [0.5, 0.6) is 0 Å². The molecule has 2 unspecified atom stereocenters. The normalized spacial score (nSPS) is 36.8. The van der Waals surface area contributed by atoms with Crippen LogP contribution in [0.3, 0.4) is 0 Å². The van der Waals surface area contributed by atoms with Crippen LogP contribution in [-0.2, 0) is 6.42 Å². The molecule has 2 atom stereocenters. The van der Waals surface area contributed by atoms with Gasteiger partial charge in [0.05, 0.1) is 5.60 Å². The van der Waals surface area contributed by atoms with Crippen LogP contribution in [0.1, 0.15) is 43.2 Å². The Balaban J connectivity index is 1.63. The summed E-state index contributed by atoms with van der Waals surface area (Å²) in [6.45, 7) is 0. The Bertz CT molecular complexity index is 522. The van der Waals surface area contributed by atoms with Gasteiger partial charge in [-0.05, 0) is 48.8 Å². The monoisotopic (exact) mass is 255 g/mol. The first kappa shape index (κ1) is 11.7. The number of piperidine rings is 2. The van der Waals surface area contributed by atoms with Crippen molar-refractivity contribution >= 4 is 6.08 Å². The first-order chi connectivity index (χ1) is 9.23. The molecule has 1 aromatic rings. The molecule has 2 saturated heterocycles. The Labute approximate surface area is 114 Å². The third-order valence-corrected chi connectivity index (χ3v) is 5.11. The summed E-state index contributed by atoms with van der Waals surface area (Å²) >= 11 is 0. The Kier molecular flexibility index (Phi) is 2.58. The fourth-order valence-electron chi connectivity index (χ4n) is 4.17. The molecule has 19 heavy (non-hydrogen) atoms. The highest BCUT2D eigenvalue weighted by molar-refractivity contribution is 5.65. The zero-order valence-corrected chi connectivity index (χ0v) is 11.2. The average molecular weight is 255 g/mol. The van der Waals surface area contributed by atoms with Crippen LogP contribution in [0.25, 0.3) is 6.08 Å². The van der Waals surface area contributed by atoms with Crippen molar-refractivity contribution in [2.45, 2.75) is 56.2 Å². The first-order valence-corrected chi connectivity index (χ1v) is 7.50. The second-order valence-corrected chi connectivity index (χ2v) is 6.48. The lowest BCUT2D eigenvalue weighted by molar-refractivity contribution is -0.000818. The van der Waals surface area contributed by atoms with Gasteiger partial charge in [-0.1, -0.05) is 36.8 Å². The summed E-state index contributed by atoms with van der Waals surface area (Å²) in [4.78, 5) is 0. The van der Waals surface area contributed by atoms with Gasteiger partial charge in [0.2, 0.25) is 0 Å². The van der Waals surface area contributed by atoms with E-state index < -0.39 is 5.60 Å². The molecule has 0 spiro atoms. The summed E-state index contributed by atoms with van der Waals surface area (Å²) in [5.74, 6) is 0. The molecule has 2 bridgehead atoms. The fourth-order valence-corrected chi connectivity index (χ4v) is 4.17. The summed E-state index contributed by atoms with van der Waals surface area (Å²) in [6.07, 6.45) is 8.71. The van der Waals surface area contributed by atoms with Crippen LogP contribution >= 0.6 is 0 Å². The molecule has 0 saturated carbocycles. The van der Waals surface area contributed by atoms with E-state index in [4.69, 9.17) is 0 Å². The first-order valence-electron chi connectivity index (χ1n) is 7.50. The summed E-state index contributed by atoms with van der Waals surface area (Å²) in [5, 5.41) is 14.8. The van der Waals surface area contributed by atoms with Gasteiger partial charge in [0.15, 0.2) is 0 Å². The summed E-state index contributed by atoms with van der Waals surface area (Å²) in [7, 11) is 0. The van der Waals surface area contributed by atoms with E-state index in [-0.39, 0.29) is 0 Å². The van der Waals surface area contributed by atoms with Gasteiger partial charge in [0.1, 0.15) is 0 Å². The summed E-state index contributed by atoms with van der Waals surface area (Å²) < 4.78 is 0. The molecule has 2 nitrogen and oxygen atoms in total. The van der Waals surface area contributed by atoms with Crippen LogP contribution in [0.2, 0.25) is 0 Å². The zero-order chi connectivity index (χ0) is 12.9. The molecule has 4 rings (SSSR count). The molecule has 2 heterocycles. The topological polar surface area (TPSA) is 32.3 Å². The van der Waals surface area contributed by atoms with Crippen molar-refractivity contribution in [3.8, 4) is 0 Å². The van der Waals surface area contributed by atoms with Gasteiger partial charge in [-0.3, -0.25) is 0 Å². The maximum absolute atomic E-state index is 11.1. The molecule has 2 fully saturated rings. The smallest absolute Gasteiger partial charge is 0.0892 e. The van der Waals surface area contributed by atoms with E-state index in [2.05, 4.69) is 35.7 Å². The third-order valence-electron chi connectivity index (χ3n) is 5.11. The van der Waals surface area contributed by atoms with Gasteiger partial charge in [-0.25, -0.2) is 0 Å². The SMILES string of the molecule is OC1(C2=Cc3ccccc3C2)CC2CCCC(C1)N2. The Morgan fingerprint density at radius 2 is 1.84 bits per heavy atom. The quantitative estimate of drug-likeness (QED) is 0.808. The molecule has 100 valence electrons. The maximum atomic E-state index is 11.1. The number of aliphatic hydroxyl groups is 1. The lowest BCUT2D eigenvalue weighted by Crippen LogP contribution is -2.56. The zero-order valence-electron chi connectivity index (χ0n) is 11.2.